The number of rotatable bonds is 1. The summed E-state index contributed by atoms with van der Waals surface area (Å²) in [4.78, 5) is 1.45. The van der Waals surface area contributed by atoms with Gasteiger partial charge < -0.3 is 5.73 Å². The lowest BCUT2D eigenvalue weighted by atomic mass is 9.99. The molecule has 70 valence electrons. The van der Waals surface area contributed by atoms with Crippen molar-refractivity contribution in [1.82, 2.24) is 0 Å². The van der Waals surface area contributed by atoms with Gasteiger partial charge in [0.25, 0.3) is 0 Å². The molecule has 1 aliphatic rings. The van der Waals surface area contributed by atoms with Crippen LogP contribution in [0.4, 0.5) is 5.69 Å². The van der Waals surface area contributed by atoms with Crippen LogP contribution in [0.3, 0.4) is 0 Å². The predicted octanol–water partition coefficient (Wildman–Crippen LogP) is 3.04. The number of thioether (sulfide) groups is 1. The molecule has 1 aromatic rings. The van der Waals surface area contributed by atoms with Crippen LogP contribution in [-0.4, -0.2) is 5.75 Å². The van der Waals surface area contributed by atoms with Crippen LogP contribution in [0, 0.1) is 0 Å². The van der Waals surface area contributed by atoms with E-state index >= 15 is 0 Å². The summed E-state index contributed by atoms with van der Waals surface area (Å²) in [7, 11) is 0. The third-order valence-electron chi connectivity index (χ3n) is 2.55. The molecule has 1 aliphatic heterocycles. The minimum Gasteiger partial charge on any atom is -0.398 e. The molecule has 1 heterocycles. The summed E-state index contributed by atoms with van der Waals surface area (Å²) in [6.07, 6.45) is 1.15. The van der Waals surface area contributed by atoms with Crippen molar-refractivity contribution >= 4 is 17.4 Å². The molecule has 0 saturated heterocycles. The van der Waals surface area contributed by atoms with Gasteiger partial charge in [-0.05, 0) is 29.5 Å². The molecule has 0 unspecified atom stereocenters. The Morgan fingerprint density at radius 1 is 1.38 bits per heavy atom. The Labute approximate surface area is 83.7 Å². The highest BCUT2D eigenvalue weighted by atomic mass is 32.2. The van der Waals surface area contributed by atoms with Gasteiger partial charge in [0.2, 0.25) is 0 Å². The number of hydrogen-bond acceptors (Lipinski definition) is 2. The molecule has 0 radical (unpaired) electrons. The van der Waals surface area contributed by atoms with Crippen molar-refractivity contribution in [2.45, 2.75) is 31.1 Å². The SMILES string of the molecule is CC(C)c1ccc(N)c2c1SCC2. The van der Waals surface area contributed by atoms with Crippen LogP contribution in [0.2, 0.25) is 0 Å². The zero-order chi connectivity index (χ0) is 9.42. The molecular formula is C11H15NS. The van der Waals surface area contributed by atoms with Crippen molar-refractivity contribution in [3.05, 3.63) is 23.3 Å². The maximum Gasteiger partial charge on any atom is 0.0358 e. The maximum atomic E-state index is 5.93. The fourth-order valence-corrected chi connectivity index (χ4v) is 3.17. The Kier molecular flexibility index (Phi) is 2.24. The van der Waals surface area contributed by atoms with Crippen molar-refractivity contribution in [3.63, 3.8) is 0 Å². The van der Waals surface area contributed by atoms with E-state index < -0.39 is 0 Å². The van der Waals surface area contributed by atoms with E-state index in [4.69, 9.17) is 5.73 Å². The summed E-state index contributed by atoms with van der Waals surface area (Å²) in [6, 6.07) is 4.23. The van der Waals surface area contributed by atoms with E-state index in [2.05, 4.69) is 26.0 Å². The van der Waals surface area contributed by atoms with Gasteiger partial charge in [-0.1, -0.05) is 19.9 Å². The molecule has 0 spiro atoms. The van der Waals surface area contributed by atoms with Gasteiger partial charge in [-0.25, -0.2) is 0 Å². The van der Waals surface area contributed by atoms with Gasteiger partial charge in [0.1, 0.15) is 0 Å². The van der Waals surface area contributed by atoms with Gasteiger partial charge in [-0.15, -0.1) is 11.8 Å². The van der Waals surface area contributed by atoms with E-state index in [0.29, 0.717) is 5.92 Å². The molecule has 1 nitrogen and oxygen atoms in total. The van der Waals surface area contributed by atoms with Gasteiger partial charge in [0, 0.05) is 16.3 Å². The Morgan fingerprint density at radius 3 is 2.85 bits per heavy atom. The summed E-state index contributed by atoms with van der Waals surface area (Å²) in [5, 5.41) is 0. The molecule has 13 heavy (non-hydrogen) atoms. The summed E-state index contributed by atoms with van der Waals surface area (Å²) >= 11 is 1.96. The van der Waals surface area contributed by atoms with Crippen LogP contribution in [0.1, 0.15) is 30.9 Å². The molecule has 2 rings (SSSR count). The first kappa shape index (κ1) is 8.95. The highest BCUT2D eigenvalue weighted by molar-refractivity contribution is 7.99. The topological polar surface area (TPSA) is 26.0 Å². The van der Waals surface area contributed by atoms with Crippen molar-refractivity contribution < 1.29 is 0 Å². The number of anilines is 1. The normalized spacial score (nSPS) is 15.0. The fraction of sp³-hybridized carbons (Fsp3) is 0.455. The van der Waals surface area contributed by atoms with E-state index in [-0.39, 0.29) is 0 Å². The standard InChI is InChI=1S/C11H15NS/c1-7(2)8-3-4-10(12)9-5-6-13-11(8)9/h3-4,7H,5-6,12H2,1-2H3. The van der Waals surface area contributed by atoms with Gasteiger partial charge in [-0.3, -0.25) is 0 Å². The molecule has 2 N–H and O–H groups in total. The third-order valence-corrected chi connectivity index (χ3v) is 3.73. The Hall–Kier alpha value is -0.630. The van der Waals surface area contributed by atoms with E-state index in [1.807, 2.05) is 11.8 Å². The third kappa shape index (κ3) is 1.44. The van der Waals surface area contributed by atoms with Crippen LogP contribution < -0.4 is 5.73 Å². The monoisotopic (exact) mass is 193 g/mol. The number of nitrogen functional groups attached to an aromatic ring is 1. The smallest absolute Gasteiger partial charge is 0.0358 e. The van der Waals surface area contributed by atoms with Crippen LogP contribution in [-0.2, 0) is 6.42 Å². The second kappa shape index (κ2) is 3.26. The van der Waals surface area contributed by atoms with Crippen molar-refractivity contribution in [2.75, 3.05) is 11.5 Å². The first-order valence-electron chi connectivity index (χ1n) is 4.74. The largest absolute Gasteiger partial charge is 0.398 e. The summed E-state index contributed by atoms with van der Waals surface area (Å²) < 4.78 is 0. The molecule has 0 aliphatic carbocycles. The lowest BCUT2D eigenvalue weighted by molar-refractivity contribution is 0.838. The quantitative estimate of drug-likeness (QED) is 0.694. The Balaban J connectivity index is 2.56. The zero-order valence-electron chi connectivity index (χ0n) is 8.13. The Bertz CT molecular complexity index is 331. The first-order chi connectivity index (χ1) is 6.20. The average molecular weight is 193 g/mol. The second-order valence-electron chi connectivity index (χ2n) is 3.80. The van der Waals surface area contributed by atoms with Crippen molar-refractivity contribution in [1.29, 1.82) is 0 Å². The molecular weight excluding hydrogens is 178 g/mol. The van der Waals surface area contributed by atoms with Gasteiger partial charge in [0.15, 0.2) is 0 Å². The Morgan fingerprint density at radius 2 is 2.15 bits per heavy atom. The number of fused-ring (bicyclic) bond motifs is 1. The molecule has 0 fully saturated rings. The van der Waals surface area contributed by atoms with Crippen LogP contribution in [0.5, 0.6) is 0 Å². The van der Waals surface area contributed by atoms with Crippen LogP contribution >= 0.6 is 11.8 Å². The minimum atomic E-state index is 0.611. The number of benzene rings is 1. The molecule has 0 amide bonds. The molecule has 0 atom stereocenters. The van der Waals surface area contributed by atoms with E-state index in [1.54, 1.807) is 0 Å². The molecule has 0 aromatic heterocycles. The lowest BCUT2D eigenvalue weighted by Gasteiger charge is -2.12. The van der Waals surface area contributed by atoms with E-state index in [9.17, 15) is 0 Å². The van der Waals surface area contributed by atoms with Gasteiger partial charge >= 0.3 is 0 Å². The maximum absolute atomic E-state index is 5.93. The molecule has 0 saturated carbocycles. The van der Waals surface area contributed by atoms with Gasteiger partial charge in [-0.2, -0.15) is 0 Å². The van der Waals surface area contributed by atoms with E-state index in [1.165, 1.54) is 21.8 Å². The van der Waals surface area contributed by atoms with Crippen LogP contribution in [0.25, 0.3) is 0 Å². The predicted molar refractivity (Wildman–Crippen MR) is 59.4 cm³/mol. The second-order valence-corrected chi connectivity index (χ2v) is 4.91. The minimum absolute atomic E-state index is 0.611. The number of hydrogen-bond donors (Lipinski definition) is 1. The summed E-state index contributed by atoms with van der Waals surface area (Å²) in [5.74, 6) is 1.81. The highest BCUT2D eigenvalue weighted by Crippen LogP contribution is 2.40. The van der Waals surface area contributed by atoms with Crippen LogP contribution in [0.15, 0.2) is 17.0 Å². The summed E-state index contributed by atoms with van der Waals surface area (Å²) in [5.41, 5.74) is 9.75. The molecule has 1 aromatic carbocycles. The average Bonchev–Trinajstić information content (AvgIpc) is 2.53. The molecule has 0 bridgehead atoms. The van der Waals surface area contributed by atoms with E-state index in [0.717, 1.165) is 12.1 Å². The van der Waals surface area contributed by atoms with Gasteiger partial charge in [0.05, 0.1) is 0 Å². The van der Waals surface area contributed by atoms with Crippen molar-refractivity contribution in [3.8, 4) is 0 Å². The highest BCUT2D eigenvalue weighted by Gasteiger charge is 2.19. The van der Waals surface area contributed by atoms with Crippen molar-refractivity contribution in [2.24, 2.45) is 0 Å². The zero-order valence-corrected chi connectivity index (χ0v) is 8.95. The molecule has 2 heteroatoms. The lowest BCUT2D eigenvalue weighted by Crippen LogP contribution is -1.97. The first-order valence-corrected chi connectivity index (χ1v) is 5.72. The fourth-order valence-electron chi connectivity index (χ4n) is 1.80. The number of nitrogens with two attached hydrogens (primary N) is 1. The summed E-state index contributed by atoms with van der Waals surface area (Å²) in [6.45, 7) is 4.48.